The van der Waals surface area contributed by atoms with E-state index in [1.807, 2.05) is 38.1 Å². The zero-order valence-electron chi connectivity index (χ0n) is 15.6. The van der Waals surface area contributed by atoms with Crippen LogP contribution in [0.1, 0.15) is 53.1 Å². The van der Waals surface area contributed by atoms with Crippen molar-refractivity contribution in [3.05, 3.63) is 58.9 Å². The van der Waals surface area contributed by atoms with E-state index >= 15 is 0 Å². The van der Waals surface area contributed by atoms with Gasteiger partial charge in [-0.3, -0.25) is 9.59 Å². The molecule has 5 heteroatoms. The zero-order chi connectivity index (χ0) is 18.8. The Balaban J connectivity index is 1.82. The van der Waals surface area contributed by atoms with Gasteiger partial charge in [0.15, 0.2) is 0 Å². The fourth-order valence-corrected chi connectivity index (χ4v) is 3.97. The molecule has 0 spiro atoms. The summed E-state index contributed by atoms with van der Waals surface area (Å²) in [6, 6.07) is 12.4. The second kappa shape index (κ2) is 7.36. The van der Waals surface area contributed by atoms with E-state index in [1.165, 1.54) is 5.56 Å². The summed E-state index contributed by atoms with van der Waals surface area (Å²) < 4.78 is 2.20. The minimum atomic E-state index is -0.757. The van der Waals surface area contributed by atoms with Gasteiger partial charge in [0, 0.05) is 24.5 Å². The third-order valence-corrected chi connectivity index (χ3v) is 5.52. The number of amides is 1. The molecule has 1 aliphatic rings. The smallest absolute Gasteiger partial charge is 0.306 e. The number of likely N-dealkylation sites (tertiary alicyclic amines) is 1. The van der Waals surface area contributed by atoms with Gasteiger partial charge in [0.05, 0.1) is 17.5 Å². The van der Waals surface area contributed by atoms with E-state index < -0.39 is 5.97 Å². The first-order valence-electron chi connectivity index (χ1n) is 9.15. The second-order valence-corrected chi connectivity index (χ2v) is 7.15. The maximum atomic E-state index is 13.0. The van der Waals surface area contributed by atoms with Gasteiger partial charge >= 0.3 is 5.97 Å². The van der Waals surface area contributed by atoms with Crippen LogP contribution in [0.25, 0.3) is 0 Å². The van der Waals surface area contributed by atoms with Crippen molar-refractivity contribution in [2.75, 3.05) is 13.1 Å². The molecule has 0 radical (unpaired) electrons. The highest BCUT2D eigenvalue weighted by molar-refractivity contribution is 5.96. The van der Waals surface area contributed by atoms with Crippen LogP contribution in [0.4, 0.5) is 0 Å². The molecule has 3 rings (SSSR count). The summed E-state index contributed by atoms with van der Waals surface area (Å²) >= 11 is 0. The minimum Gasteiger partial charge on any atom is -0.481 e. The summed E-state index contributed by atoms with van der Waals surface area (Å²) in [6.45, 7) is 7.17. The van der Waals surface area contributed by atoms with Crippen LogP contribution in [-0.2, 0) is 4.79 Å². The Kier molecular flexibility index (Phi) is 5.16. The minimum absolute atomic E-state index is 0.00782. The third-order valence-electron chi connectivity index (χ3n) is 5.52. The molecular weight excluding hydrogens is 328 g/mol. The van der Waals surface area contributed by atoms with Gasteiger partial charge in [-0.1, -0.05) is 30.3 Å². The topological polar surface area (TPSA) is 62.5 Å². The first-order chi connectivity index (χ1) is 12.4. The van der Waals surface area contributed by atoms with E-state index in [4.69, 9.17) is 5.11 Å². The Bertz CT molecular complexity index is 802. The number of rotatable bonds is 4. The quantitative estimate of drug-likeness (QED) is 0.911. The van der Waals surface area contributed by atoms with Gasteiger partial charge in [0.2, 0.25) is 0 Å². The van der Waals surface area contributed by atoms with Crippen molar-refractivity contribution < 1.29 is 14.7 Å². The molecule has 1 fully saturated rings. The number of aliphatic carboxylic acids is 1. The van der Waals surface area contributed by atoms with Crippen molar-refractivity contribution in [1.29, 1.82) is 0 Å². The monoisotopic (exact) mass is 354 g/mol. The molecule has 1 atom stereocenters. The van der Waals surface area contributed by atoms with Crippen LogP contribution < -0.4 is 0 Å². The molecule has 1 N–H and O–H groups in total. The number of piperidine rings is 1. The maximum absolute atomic E-state index is 13.0. The van der Waals surface area contributed by atoms with Crippen molar-refractivity contribution in [2.45, 2.75) is 39.7 Å². The Morgan fingerprint density at radius 2 is 1.73 bits per heavy atom. The van der Waals surface area contributed by atoms with E-state index in [-0.39, 0.29) is 17.9 Å². The van der Waals surface area contributed by atoms with Gasteiger partial charge in [-0.2, -0.15) is 0 Å². The van der Waals surface area contributed by atoms with Crippen molar-refractivity contribution in [3.8, 4) is 0 Å². The number of carboxylic acid groups (broad SMARTS) is 1. The lowest BCUT2D eigenvalue weighted by Crippen LogP contribution is -2.40. The van der Waals surface area contributed by atoms with Crippen molar-refractivity contribution in [1.82, 2.24) is 9.47 Å². The van der Waals surface area contributed by atoms with E-state index in [9.17, 15) is 9.59 Å². The maximum Gasteiger partial charge on any atom is 0.306 e. The molecule has 138 valence electrons. The lowest BCUT2D eigenvalue weighted by Gasteiger charge is -2.30. The van der Waals surface area contributed by atoms with Crippen LogP contribution in [-0.4, -0.2) is 39.5 Å². The standard InChI is InChI=1S/C21H26N2O3/c1-14-13-19(20(24)22-11-9-18(10-12-22)21(25)26)16(3)23(14)15(2)17-7-5-4-6-8-17/h4-8,13,15,18H,9-12H2,1-3H3,(H,25,26)/t15-/m1/s1. The summed E-state index contributed by atoms with van der Waals surface area (Å²) in [5.41, 5.74) is 3.95. The molecule has 1 aliphatic heterocycles. The van der Waals surface area contributed by atoms with Crippen LogP contribution in [0.2, 0.25) is 0 Å². The van der Waals surface area contributed by atoms with Gasteiger partial charge in [-0.25, -0.2) is 0 Å². The van der Waals surface area contributed by atoms with Crippen LogP contribution in [0, 0.1) is 19.8 Å². The van der Waals surface area contributed by atoms with Gasteiger partial charge in [0.1, 0.15) is 0 Å². The number of hydrogen-bond donors (Lipinski definition) is 1. The van der Waals surface area contributed by atoms with Gasteiger partial charge in [0.25, 0.3) is 5.91 Å². The van der Waals surface area contributed by atoms with E-state index in [1.54, 1.807) is 4.90 Å². The summed E-state index contributed by atoms with van der Waals surface area (Å²) in [5, 5.41) is 9.13. The van der Waals surface area contributed by atoms with E-state index in [0.717, 1.165) is 17.0 Å². The van der Waals surface area contributed by atoms with Crippen molar-refractivity contribution in [3.63, 3.8) is 0 Å². The van der Waals surface area contributed by atoms with E-state index in [0.29, 0.717) is 25.9 Å². The number of aryl methyl sites for hydroxylation is 1. The average Bonchev–Trinajstić information content (AvgIpc) is 2.95. The Morgan fingerprint density at radius 3 is 2.31 bits per heavy atom. The van der Waals surface area contributed by atoms with Crippen LogP contribution >= 0.6 is 0 Å². The zero-order valence-corrected chi connectivity index (χ0v) is 15.6. The number of carboxylic acids is 1. The molecule has 5 nitrogen and oxygen atoms in total. The van der Waals surface area contributed by atoms with E-state index in [2.05, 4.69) is 23.6 Å². The SMILES string of the molecule is Cc1cc(C(=O)N2CCC(C(=O)O)CC2)c(C)n1[C@H](C)c1ccccc1. The van der Waals surface area contributed by atoms with Crippen LogP contribution in [0.15, 0.2) is 36.4 Å². The highest BCUT2D eigenvalue weighted by Crippen LogP contribution is 2.27. The Labute approximate surface area is 154 Å². The van der Waals surface area contributed by atoms with Gasteiger partial charge in [-0.15, -0.1) is 0 Å². The molecule has 0 aliphatic carbocycles. The first-order valence-corrected chi connectivity index (χ1v) is 9.15. The predicted molar refractivity (Wildman–Crippen MR) is 100 cm³/mol. The second-order valence-electron chi connectivity index (χ2n) is 7.15. The number of carbonyl (C=O) groups is 2. The predicted octanol–water partition coefficient (Wildman–Crippen LogP) is 3.65. The molecule has 1 saturated heterocycles. The Hall–Kier alpha value is -2.56. The molecule has 1 amide bonds. The van der Waals surface area contributed by atoms with Gasteiger partial charge < -0.3 is 14.6 Å². The summed E-state index contributed by atoms with van der Waals surface area (Å²) in [5.74, 6) is -1.08. The lowest BCUT2D eigenvalue weighted by molar-refractivity contribution is -0.143. The summed E-state index contributed by atoms with van der Waals surface area (Å²) in [7, 11) is 0. The fraction of sp³-hybridized carbons (Fsp3) is 0.429. The molecule has 0 saturated carbocycles. The number of carbonyl (C=O) groups excluding carboxylic acids is 1. The molecule has 1 aromatic heterocycles. The van der Waals surface area contributed by atoms with Gasteiger partial charge in [-0.05, 0) is 45.2 Å². The van der Waals surface area contributed by atoms with Crippen LogP contribution in [0.5, 0.6) is 0 Å². The normalized spacial score (nSPS) is 16.5. The highest BCUT2D eigenvalue weighted by atomic mass is 16.4. The Morgan fingerprint density at radius 1 is 1.12 bits per heavy atom. The molecule has 0 bridgehead atoms. The molecule has 26 heavy (non-hydrogen) atoms. The van der Waals surface area contributed by atoms with Crippen LogP contribution in [0.3, 0.4) is 0 Å². The number of aromatic nitrogens is 1. The number of hydrogen-bond acceptors (Lipinski definition) is 2. The largest absolute Gasteiger partial charge is 0.481 e. The molecule has 2 heterocycles. The molecule has 1 aromatic carbocycles. The van der Waals surface area contributed by atoms with Crippen molar-refractivity contribution in [2.24, 2.45) is 5.92 Å². The third kappa shape index (κ3) is 3.39. The summed E-state index contributed by atoms with van der Waals surface area (Å²) in [6.07, 6.45) is 1.06. The molecule has 0 unspecified atom stereocenters. The highest BCUT2D eigenvalue weighted by Gasteiger charge is 2.29. The fourth-order valence-electron chi connectivity index (χ4n) is 3.97. The first kappa shape index (κ1) is 18.2. The summed E-state index contributed by atoms with van der Waals surface area (Å²) in [4.78, 5) is 25.9. The van der Waals surface area contributed by atoms with Crippen molar-refractivity contribution >= 4 is 11.9 Å². The number of benzene rings is 1. The lowest BCUT2D eigenvalue weighted by atomic mass is 9.96. The average molecular weight is 354 g/mol. The molecular formula is C21H26N2O3. The molecule has 2 aromatic rings. The number of nitrogens with zero attached hydrogens (tertiary/aromatic N) is 2.